The molecule has 0 aliphatic carbocycles. The molecule has 1 aromatic heterocycles. The molecule has 1 heterocycles. The number of nitrogens with two attached hydrogens (primary N) is 1. The number of nitrogens with zero attached hydrogens (tertiary/aromatic N) is 1. The van der Waals surface area contributed by atoms with Crippen LogP contribution in [0.4, 0.5) is 14.6 Å². The maximum atomic E-state index is 13.9. The minimum atomic E-state index is -0.764. The van der Waals surface area contributed by atoms with Gasteiger partial charge in [-0.15, -0.1) is 0 Å². The highest BCUT2D eigenvalue weighted by molar-refractivity contribution is 5.35. The molecule has 2 rings (SSSR count). The highest BCUT2D eigenvalue weighted by Gasteiger charge is 2.11. The van der Waals surface area contributed by atoms with Crippen LogP contribution in [0.3, 0.4) is 0 Å². The van der Waals surface area contributed by atoms with E-state index in [1.807, 2.05) is 13.0 Å². The zero-order valence-electron chi connectivity index (χ0n) is 13.1. The van der Waals surface area contributed by atoms with E-state index >= 15 is 0 Å². The second-order valence-electron chi connectivity index (χ2n) is 5.72. The quantitative estimate of drug-likeness (QED) is 0.860. The van der Waals surface area contributed by atoms with Crippen LogP contribution in [-0.4, -0.2) is 4.98 Å². The number of hydrogen-bond donors (Lipinski definition) is 1. The zero-order chi connectivity index (χ0) is 16.1. The number of rotatable bonds is 6. The van der Waals surface area contributed by atoms with Crippen LogP contribution in [0.2, 0.25) is 0 Å². The zero-order valence-corrected chi connectivity index (χ0v) is 13.1. The lowest BCUT2D eigenvalue weighted by Crippen LogP contribution is -2.03. The Morgan fingerprint density at radius 2 is 1.82 bits per heavy atom. The first-order valence-corrected chi connectivity index (χ1v) is 7.69. The van der Waals surface area contributed by atoms with Gasteiger partial charge < -0.3 is 5.73 Å². The molecular weight excluding hydrogens is 282 g/mol. The van der Waals surface area contributed by atoms with Crippen molar-refractivity contribution in [3.05, 3.63) is 58.3 Å². The van der Waals surface area contributed by atoms with Gasteiger partial charge in [0, 0.05) is 5.69 Å². The standard InChI is InChI=1S/C18H22F2N2/c1-3-4-5-13-10-14(18(20)16(19)11-13)6-7-15-8-12(2)9-17(21)22-15/h8-11H,3-7H2,1-2H3,(H2,21,22). The van der Waals surface area contributed by atoms with Crippen LogP contribution in [-0.2, 0) is 19.3 Å². The molecule has 0 amide bonds. The fourth-order valence-corrected chi connectivity index (χ4v) is 2.57. The topological polar surface area (TPSA) is 38.9 Å². The van der Waals surface area contributed by atoms with Gasteiger partial charge in [-0.05, 0) is 67.5 Å². The molecule has 0 aliphatic heterocycles. The second-order valence-corrected chi connectivity index (χ2v) is 5.72. The number of nitrogen functional groups attached to an aromatic ring is 1. The first-order chi connectivity index (χ1) is 10.5. The summed E-state index contributed by atoms with van der Waals surface area (Å²) in [6.07, 6.45) is 3.73. The van der Waals surface area contributed by atoms with Crippen LogP contribution < -0.4 is 5.73 Å². The highest BCUT2D eigenvalue weighted by Crippen LogP contribution is 2.19. The van der Waals surface area contributed by atoms with E-state index in [-0.39, 0.29) is 0 Å². The molecule has 4 heteroatoms. The lowest BCUT2D eigenvalue weighted by molar-refractivity contribution is 0.496. The Balaban J connectivity index is 2.15. The third-order valence-corrected chi connectivity index (χ3v) is 3.68. The van der Waals surface area contributed by atoms with Crippen molar-refractivity contribution in [1.29, 1.82) is 0 Å². The summed E-state index contributed by atoms with van der Waals surface area (Å²) in [5, 5.41) is 0. The van der Waals surface area contributed by atoms with Crippen LogP contribution in [0.5, 0.6) is 0 Å². The van der Waals surface area contributed by atoms with Crippen LogP contribution in [0.15, 0.2) is 24.3 Å². The largest absolute Gasteiger partial charge is 0.384 e. The molecule has 0 atom stereocenters. The molecule has 0 unspecified atom stereocenters. The van der Waals surface area contributed by atoms with Gasteiger partial charge in [0.2, 0.25) is 0 Å². The highest BCUT2D eigenvalue weighted by atomic mass is 19.2. The van der Waals surface area contributed by atoms with E-state index in [1.54, 1.807) is 12.1 Å². The van der Waals surface area contributed by atoms with Crippen molar-refractivity contribution < 1.29 is 8.78 Å². The summed E-state index contributed by atoms with van der Waals surface area (Å²) in [6.45, 7) is 4.02. The number of aromatic nitrogens is 1. The normalized spacial score (nSPS) is 10.9. The van der Waals surface area contributed by atoms with Crippen molar-refractivity contribution >= 4 is 5.82 Å². The summed E-state index contributed by atoms with van der Waals surface area (Å²) >= 11 is 0. The van der Waals surface area contributed by atoms with Gasteiger partial charge in [-0.25, -0.2) is 13.8 Å². The molecule has 0 aliphatic rings. The van der Waals surface area contributed by atoms with Crippen LogP contribution in [0, 0.1) is 18.6 Å². The Morgan fingerprint density at radius 1 is 1.05 bits per heavy atom. The summed E-state index contributed by atoms with van der Waals surface area (Å²) in [5.41, 5.74) is 8.80. The fourth-order valence-electron chi connectivity index (χ4n) is 2.57. The molecule has 2 aromatic rings. The van der Waals surface area contributed by atoms with E-state index in [0.29, 0.717) is 24.2 Å². The van der Waals surface area contributed by atoms with Gasteiger partial charge in [-0.3, -0.25) is 0 Å². The molecule has 1 aromatic carbocycles. The van der Waals surface area contributed by atoms with Gasteiger partial charge in [0.25, 0.3) is 0 Å². The molecule has 0 fully saturated rings. The third-order valence-electron chi connectivity index (χ3n) is 3.68. The summed E-state index contributed by atoms with van der Waals surface area (Å²) in [4.78, 5) is 4.23. The van der Waals surface area contributed by atoms with Crippen molar-refractivity contribution in [2.45, 2.75) is 46.0 Å². The lowest BCUT2D eigenvalue weighted by Gasteiger charge is -2.09. The number of anilines is 1. The van der Waals surface area contributed by atoms with Gasteiger partial charge in [0.15, 0.2) is 11.6 Å². The first-order valence-electron chi connectivity index (χ1n) is 7.69. The van der Waals surface area contributed by atoms with Gasteiger partial charge >= 0.3 is 0 Å². The monoisotopic (exact) mass is 304 g/mol. The van der Waals surface area contributed by atoms with E-state index in [1.165, 1.54) is 6.07 Å². The van der Waals surface area contributed by atoms with Gasteiger partial charge in [-0.1, -0.05) is 19.4 Å². The molecule has 0 spiro atoms. The molecule has 118 valence electrons. The number of hydrogen-bond acceptors (Lipinski definition) is 2. The minimum absolute atomic E-state index is 0.410. The van der Waals surface area contributed by atoms with E-state index in [4.69, 9.17) is 5.73 Å². The summed E-state index contributed by atoms with van der Waals surface area (Å²) in [6, 6.07) is 6.78. The summed E-state index contributed by atoms with van der Waals surface area (Å²) in [7, 11) is 0. The Morgan fingerprint density at radius 3 is 2.50 bits per heavy atom. The molecule has 0 bridgehead atoms. The van der Waals surface area contributed by atoms with Gasteiger partial charge in [0.05, 0.1) is 0 Å². The molecule has 22 heavy (non-hydrogen) atoms. The average molecular weight is 304 g/mol. The minimum Gasteiger partial charge on any atom is -0.384 e. The maximum absolute atomic E-state index is 13.9. The number of benzene rings is 1. The Kier molecular flexibility index (Phi) is 5.47. The fraction of sp³-hybridized carbons (Fsp3) is 0.389. The molecule has 0 saturated heterocycles. The Labute approximate surface area is 130 Å². The van der Waals surface area contributed by atoms with E-state index < -0.39 is 11.6 Å². The van der Waals surface area contributed by atoms with Crippen molar-refractivity contribution in [1.82, 2.24) is 4.98 Å². The Bertz CT molecular complexity index is 634. The smallest absolute Gasteiger partial charge is 0.162 e. The lowest BCUT2D eigenvalue weighted by atomic mass is 10.0. The molecule has 2 N–H and O–H groups in total. The number of pyridine rings is 1. The van der Waals surface area contributed by atoms with Gasteiger partial charge in [0.1, 0.15) is 5.82 Å². The van der Waals surface area contributed by atoms with Gasteiger partial charge in [-0.2, -0.15) is 0 Å². The van der Waals surface area contributed by atoms with E-state index in [0.717, 1.165) is 36.1 Å². The van der Waals surface area contributed by atoms with Crippen LogP contribution in [0.1, 0.15) is 42.1 Å². The summed E-state index contributed by atoms with van der Waals surface area (Å²) in [5.74, 6) is -1.06. The van der Waals surface area contributed by atoms with Crippen molar-refractivity contribution in [3.8, 4) is 0 Å². The van der Waals surface area contributed by atoms with Crippen LogP contribution in [0.25, 0.3) is 0 Å². The first kappa shape index (κ1) is 16.4. The average Bonchev–Trinajstić information content (AvgIpc) is 2.46. The molecule has 2 nitrogen and oxygen atoms in total. The maximum Gasteiger partial charge on any atom is 0.162 e. The van der Waals surface area contributed by atoms with E-state index in [2.05, 4.69) is 11.9 Å². The number of unbranched alkanes of at least 4 members (excludes halogenated alkanes) is 1. The second kappa shape index (κ2) is 7.34. The number of halogens is 2. The van der Waals surface area contributed by atoms with Crippen LogP contribution >= 0.6 is 0 Å². The molecule has 0 saturated carbocycles. The van der Waals surface area contributed by atoms with Crippen molar-refractivity contribution in [3.63, 3.8) is 0 Å². The molecular formula is C18H22F2N2. The predicted octanol–water partition coefficient (Wildman–Crippen LogP) is 4.38. The SMILES string of the molecule is CCCCc1cc(F)c(F)c(CCc2cc(C)cc(N)n2)c1. The third kappa shape index (κ3) is 4.26. The van der Waals surface area contributed by atoms with E-state index in [9.17, 15) is 8.78 Å². The van der Waals surface area contributed by atoms with Crippen molar-refractivity contribution in [2.75, 3.05) is 5.73 Å². The number of aryl methyl sites for hydroxylation is 4. The predicted molar refractivity (Wildman–Crippen MR) is 85.8 cm³/mol. The van der Waals surface area contributed by atoms with Crippen molar-refractivity contribution in [2.24, 2.45) is 0 Å². The molecule has 0 radical (unpaired) electrons. The Hall–Kier alpha value is -1.97. The summed E-state index contributed by atoms with van der Waals surface area (Å²) < 4.78 is 27.7.